The summed E-state index contributed by atoms with van der Waals surface area (Å²) in [6.45, 7) is 2.24. The molecule has 0 saturated carbocycles. The van der Waals surface area contributed by atoms with E-state index < -0.39 is 17.5 Å². The summed E-state index contributed by atoms with van der Waals surface area (Å²) in [5.41, 5.74) is -0.399. The van der Waals surface area contributed by atoms with Crippen molar-refractivity contribution in [2.24, 2.45) is 5.92 Å². The van der Waals surface area contributed by atoms with Gasteiger partial charge in [-0.3, -0.25) is 4.79 Å². The Labute approximate surface area is 121 Å². The molecular weight excluding hydrogens is 281 g/mol. The highest BCUT2D eigenvalue weighted by Crippen LogP contribution is 2.40. The third kappa shape index (κ3) is 2.63. The summed E-state index contributed by atoms with van der Waals surface area (Å²) in [5.74, 6) is -0.463. The van der Waals surface area contributed by atoms with Crippen LogP contribution in [0.1, 0.15) is 43.0 Å². The van der Waals surface area contributed by atoms with Crippen molar-refractivity contribution in [3.8, 4) is 0 Å². The van der Waals surface area contributed by atoms with Crippen LogP contribution < -0.4 is 4.90 Å². The maximum atomic E-state index is 12.4. The quantitative estimate of drug-likeness (QED) is 0.782. The standard InChI is InChI=1S/C15H17F3N2O/c1-9-6-11-3-4-12(7-9)20(11)13-5-2-10(8-19-13)14(21)15(16,17)18/h2,5,8-9,11-12H,3-4,6-7H2,1H3. The number of piperidine rings is 1. The second-order valence-corrected chi connectivity index (χ2v) is 6.10. The van der Waals surface area contributed by atoms with Crippen molar-refractivity contribution in [2.75, 3.05) is 4.90 Å². The Hall–Kier alpha value is -1.59. The zero-order valence-electron chi connectivity index (χ0n) is 11.7. The Kier molecular flexibility index (Phi) is 3.42. The van der Waals surface area contributed by atoms with Gasteiger partial charge in [0.2, 0.25) is 0 Å². The molecule has 0 radical (unpaired) electrons. The molecule has 1 aromatic heterocycles. The Morgan fingerprint density at radius 1 is 1.24 bits per heavy atom. The predicted molar refractivity (Wildman–Crippen MR) is 72.3 cm³/mol. The summed E-state index contributed by atoms with van der Waals surface area (Å²) in [7, 11) is 0. The molecule has 1 aromatic rings. The summed E-state index contributed by atoms with van der Waals surface area (Å²) in [4.78, 5) is 17.5. The van der Waals surface area contributed by atoms with Crippen LogP contribution in [0.15, 0.2) is 18.3 Å². The molecule has 114 valence electrons. The van der Waals surface area contributed by atoms with E-state index >= 15 is 0 Å². The molecular formula is C15H17F3N2O. The molecule has 2 fully saturated rings. The van der Waals surface area contributed by atoms with Crippen LogP contribution in [0.25, 0.3) is 0 Å². The predicted octanol–water partition coefficient (Wildman–Crippen LogP) is 3.59. The minimum Gasteiger partial charge on any atom is -0.351 e. The number of carbonyl (C=O) groups is 1. The molecule has 0 aliphatic carbocycles. The molecule has 2 aliphatic heterocycles. The number of hydrogen-bond acceptors (Lipinski definition) is 3. The average molecular weight is 298 g/mol. The first kappa shape index (κ1) is 14.4. The Bertz CT molecular complexity index is 527. The minimum atomic E-state index is -4.84. The fourth-order valence-electron chi connectivity index (χ4n) is 3.66. The molecule has 2 saturated heterocycles. The first-order valence-electron chi connectivity index (χ1n) is 7.22. The van der Waals surface area contributed by atoms with Crippen LogP contribution in [0.4, 0.5) is 19.0 Å². The lowest BCUT2D eigenvalue weighted by Crippen LogP contribution is -2.42. The number of fused-ring (bicyclic) bond motifs is 2. The highest BCUT2D eigenvalue weighted by molar-refractivity contribution is 6.00. The number of pyridine rings is 1. The van der Waals surface area contributed by atoms with Gasteiger partial charge in [-0.2, -0.15) is 13.2 Å². The van der Waals surface area contributed by atoms with Crippen molar-refractivity contribution in [2.45, 2.75) is 50.9 Å². The van der Waals surface area contributed by atoms with Gasteiger partial charge in [0.25, 0.3) is 5.78 Å². The number of rotatable bonds is 2. The molecule has 3 heterocycles. The number of nitrogens with zero attached hydrogens (tertiary/aromatic N) is 2. The van der Waals surface area contributed by atoms with Gasteiger partial charge in [-0.15, -0.1) is 0 Å². The smallest absolute Gasteiger partial charge is 0.351 e. The van der Waals surface area contributed by atoms with Gasteiger partial charge in [0.1, 0.15) is 5.82 Å². The third-order valence-corrected chi connectivity index (χ3v) is 4.50. The molecule has 0 N–H and O–H groups in total. The van der Waals surface area contributed by atoms with E-state index in [1.807, 2.05) is 0 Å². The molecule has 0 spiro atoms. The number of hydrogen-bond donors (Lipinski definition) is 0. The van der Waals surface area contributed by atoms with Crippen LogP contribution in [-0.4, -0.2) is 29.0 Å². The van der Waals surface area contributed by atoms with Crippen molar-refractivity contribution in [3.63, 3.8) is 0 Å². The highest BCUT2D eigenvalue weighted by Gasteiger charge is 2.41. The second-order valence-electron chi connectivity index (χ2n) is 6.10. The summed E-state index contributed by atoms with van der Waals surface area (Å²) < 4.78 is 37.1. The zero-order chi connectivity index (χ0) is 15.2. The maximum Gasteiger partial charge on any atom is 0.454 e. The SMILES string of the molecule is CC1CC2CCC(C1)N2c1ccc(C(=O)C(F)(F)F)cn1. The van der Waals surface area contributed by atoms with Crippen molar-refractivity contribution < 1.29 is 18.0 Å². The van der Waals surface area contributed by atoms with Crippen molar-refractivity contribution in [1.29, 1.82) is 0 Å². The van der Waals surface area contributed by atoms with Gasteiger partial charge in [-0.1, -0.05) is 6.92 Å². The lowest BCUT2D eigenvalue weighted by molar-refractivity contribution is -0.0885. The van der Waals surface area contributed by atoms with Crippen LogP contribution in [0, 0.1) is 5.92 Å². The number of anilines is 1. The molecule has 6 heteroatoms. The molecule has 0 aromatic carbocycles. The highest BCUT2D eigenvalue weighted by atomic mass is 19.4. The van der Waals surface area contributed by atoms with Crippen LogP contribution in [0.3, 0.4) is 0 Å². The lowest BCUT2D eigenvalue weighted by atomic mass is 9.92. The Morgan fingerprint density at radius 2 is 1.86 bits per heavy atom. The van der Waals surface area contributed by atoms with E-state index in [9.17, 15) is 18.0 Å². The number of Topliss-reactive ketones (excluding diaryl/α,β-unsaturated/α-hetero) is 1. The average Bonchev–Trinajstić information content (AvgIpc) is 2.69. The van der Waals surface area contributed by atoms with Gasteiger partial charge in [-0.05, 0) is 43.7 Å². The summed E-state index contributed by atoms with van der Waals surface area (Å²) in [6, 6.07) is 3.63. The van der Waals surface area contributed by atoms with Crippen molar-refractivity contribution in [3.05, 3.63) is 23.9 Å². The van der Waals surface area contributed by atoms with Gasteiger partial charge in [0, 0.05) is 23.8 Å². The van der Waals surface area contributed by atoms with E-state index in [1.165, 1.54) is 6.07 Å². The molecule has 2 bridgehead atoms. The molecule has 3 nitrogen and oxygen atoms in total. The molecule has 3 rings (SSSR count). The van der Waals surface area contributed by atoms with Crippen LogP contribution in [-0.2, 0) is 0 Å². The fourth-order valence-corrected chi connectivity index (χ4v) is 3.66. The molecule has 2 unspecified atom stereocenters. The van der Waals surface area contributed by atoms with Crippen LogP contribution in [0.2, 0.25) is 0 Å². The zero-order valence-corrected chi connectivity index (χ0v) is 11.7. The summed E-state index contributed by atoms with van der Waals surface area (Å²) >= 11 is 0. The normalized spacial score (nSPS) is 28.8. The second kappa shape index (κ2) is 5.00. The van der Waals surface area contributed by atoms with Gasteiger partial charge < -0.3 is 4.90 Å². The van der Waals surface area contributed by atoms with E-state index in [2.05, 4.69) is 16.8 Å². The van der Waals surface area contributed by atoms with E-state index in [-0.39, 0.29) is 0 Å². The number of aromatic nitrogens is 1. The summed E-state index contributed by atoms with van der Waals surface area (Å²) in [5, 5.41) is 0. The van der Waals surface area contributed by atoms with Crippen molar-refractivity contribution >= 4 is 11.6 Å². The van der Waals surface area contributed by atoms with E-state index in [0.29, 0.717) is 23.8 Å². The number of alkyl halides is 3. The fraction of sp³-hybridized carbons (Fsp3) is 0.600. The number of carbonyl (C=O) groups excluding carboxylic acids is 1. The van der Waals surface area contributed by atoms with Crippen LogP contribution >= 0.6 is 0 Å². The van der Waals surface area contributed by atoms with Gasteiger partial charge in [-0.25, -0.2) is 4.98 Å². The number of ketones is 1. The van der Waals surface area contributed by atoms with Crippen LogP contribution in [0.5, 0.6) is 0 Å². The first-order chi connectivity index (χ1) is 9.86. The first-order valence-corrected chi connectivity index (χ1v) is 7.22. The Balaban J connectivity index is 1.81. The monoisotopic (exact) mass is 298 g/mol. The van der Waals surface area contributed by atoms with Gasteiger partial charge in [0.15, 0.2) is 0 Å². The maximum absolute atomic E-state index is 12.4. The van der Waals surface area contributed by atoms with E-state index in [1.54, 1.807) is 6.07 Å². The van der Waals surface area contributed by atoms with E-state index in [4.69, 9.17) is 0 Å². The van der Waals surface area contributed by atoms with Gasteiger partial charge in [0.05, 0.1) is 0 Å². The minimum absolute atomic E-state index is 0.399. The van der Waals surface area contributed by atoms with E-state index in [0.717, 1.165) is 31.9 Å². The molecule has 0 amide bonds. The summed E-state index contributed by atoms with van der Waals surface area (Å²) in [6.07, 6.45) is 0.619. The largest absolute Gasteiger partial charge is 0.454 e. The van der Waals surface area contributed by atoms with Gasteiger partial charge >= 0.3 is 6.18 Å². The molecule has 2 atom stereocenters. The Morgan fingerprint density at radius 3 is 2.33 bits per heavy atom. The lowest BCUT2D eigenvalue weighted by Gasteiger charge is -2.38. The third-order valence-electron chi connectivity index (χ3n) is 4.50. The molecule has 21 heavy (non-hydrogen) atoms. The van der Waals surface area contributed by atoms with Crippen molar-refractivity contribution in [1.82, 2.24) is 4.98 Å². The molecule has 2 aliphatic rings. The number of halogens is 3. The topological polar surface area (TPSA) is 33.2 Å².